The first-order valence-corrected chi connectivity index (χ1v) is 18.5. The summed E-state index contributed by atoms with van der Waals surface area (Å²) in [6.07, 6.45) is 0.539. The minimum Gasteiger partial charge on any atom is -0.508 e. The molecule has 19 heteroatoms. The molecule has 7 amide bonds. The molecule has 13 N–H and O–H groups in total. The van der Waals surface area contributed by atoms with Crippen molar-refractivity contribution in [2.24, 2.45) is 17.4 Å². The van der Waals surface area contributed by atoms with Gasteiger partial charge in [-0.2, -0.15) is 0 Å². The Bertz CT molecular complexity index is 1710. The number of aromatic hydroxyl groups is 2. The van der Waals surface area contributed by atoms with Crippen molar-refractivity contribution in [3.8, 4) is 11.5 Å². The van der Waals surface area contributed by atoms with Gasteiger partial charge in [0.15, 0.2) is 0 Å². The lowest BCUT2D eigenvalue weighted by atomic mass is 9.97. The molecule has 0 fully saturated rings. The normalized spacial score (nSPS) is 14.0. The molecule has 0 aliphatic heterocycles. The van der Waals surface area contributed by atoms with Crippen molar-refractivity contribution in [3.05, 3.63) is 59.7 Å². The number of benzene rings is 2. The van der Waals surface area contributed by atoms with Crippen LogP contribution in [0.3, 0.4) is 0 Å². The van der Waals surface area contributed by atoms with Crippen molar-refractivity contribution < 1.29 is 53.7 Å². The number of amides is 7. The molecule has 0 radical (unpaired) electrons. The van der Waals surface area contributed by atoms with Gasteiger partial charge in [-0.15, -0.1) is 0 Å². The maximum absolute atomic E-state index is 13.6. The summed E-state index contributed by atoms with van der Waals surface area (Å²) in [5, 5.41) is 43.7. The first-order chi connectivity index (χ1) is 26.9. The Hall–Kier alpha value is -6.24. The molecular weight excluding hydrogens is 744 g/mol. The van der Waals surface area contributed by atoms with E-state index >= 15 is 0 Å². The predicted molar refractivity (Wildman–Crippen MR) is 206 cm³/mol. The van der Waals surface area contributed by atoms with E-state index in [0.29, 0.717) is 36.9 Å². The molecular formula is C38H54N8O11. The number of aliphatic carboxylic acids is 1. The Labute approximate surface area is 330 Å². The number of carboxylic acids is 1. The molecule has 0 unspecified atom stereocenters. The molecule has 0 saturated heterocycles. The van der Waals surface area contributed by atoms with Gasteiger partial charge in [0.05, 0.1) is 13.0 Å². The van der Waals surface area contributed by atoms with Crippen LogP contribution in [-0.4, -0.2) is 106 Å². The van der Waals surface area contributed by atoms with Gasteiger partial charge in [-0.3, -0.25) is 38.4 Å². The summed E-state index contributed by atoms with van der Waals surface area (Å²) < 4.78 is 0. The molecule has 19 nitrogen and oxygen atoms in total. The third kappa shape index (κ3) is 17.0. The van der Waals surface area contributed by atoms with Crippen LogP contribution in [0.4, 0.5) is 0 Å². The number of hydrogen-bond acceptors (Lipinski definition) is 11. The highest BCUT2D eigenvalue weighted by molar-refractivity contribution is 5.97. The minimum absolute atomic E-state index is 0.000102. The highest BCUT2D eigenvalue weighted by Crippen LogP contribution is 2.14. The van der Waals surface area contributed by atoms with E-state index in [9.17, 15) is 53.7 Å². The summed E-state index contributed by atoms with van der Waals surface area (Å²) in [4.78, 5) is 102. The fraction of sp³-hybridized carbons (Fsp3) is 0.474. The molecule has 0 heterocycles. The van der Waals surface area contributed by atoms with Crippen molar-refractivity contribution in [1.82, 2.24) is 31.9 Å². The lowest BCUT2D eigenvalue weighted by Gasteiger charge is -2.27. The second-order valence-corrected chi connectivity index (χ2v) is 13.6. The number of carboxylic acid groups (broad SMARTS) is 1. The number of nitrogens with two attached hydrogens (primary N) is 2. The molecule has 0 saturated carbocycles. The van der Waals surface area contributed by atoms with Crippen LogP contribution in [0.25, 0.3) is 0 Å². The lowest BCUT2D eigenvalue weighted by Crippen LogP contribution is -2.59. The Morgan fingerprint density at radius 2 is 1.16 bits per heavy atom. The van der Waals surface area contributed by atoms with E-state index in [-0.39, 0.29) is 30.8 Å². The van der Waals surface area contributed by atoms with E-state index in [0.717, 1.165) is 0 Å². The number of rotatable bonds is 24. The SMILES string of the molecule is CC[C@H](C)[C@H](NC(=O)CNC(=O)[C@H](Cc1ccc(O)cc1)NC(=O)[C@H](Cc1ccc(O)cc1)NC(C)=O)C(=O)N[C@@H](CC(=O)O)C(=O)N[C@@H](CCCCN)C(N)=O. The fourth-order valence-corrected chi connectivity index (χ4v) is 5.58. The highest BCUT2D eigenvalue weighted by atomic mass is 16.4. The smallest absolute Gasteiger partial charge is 0.305 e. The topological polar surface area (TPSA) is 321 Å². The molecule has 2 aromatic rings. The van der Waals surface area contributed by atoms with Gasteiger partial charge in [0, 0.05) is 19.8 Å². The molecule has 57 heavy (non-hydrogen) atoms. The zero-order valence-electron chi connectivity index (χ0n) is 32.2. The molecule has 0 aliphatic carbocycles. The van der Waals surface area contributed by atoms with Crippen molar-refractivity contribution in [2.75, 3.05) is 13.1 Å². The molecule has 6 atom stereocenters. The van der Waals surface area contributed by atoms with Gasteiger partial charge in [0.1, 0.15) is 41.7 Å². The second-order valence-electron chi connectivity index (χ2n) is 13.6. The van der Waals surface area contributed by atoms with Gasteiger partial charge in [-0.1, -0.05) is 44.5 Å². The van der Waals surface area contributed by atoms with Gasteiger partial charge in [-0.25, -0.2) is 0 Å². The van der Waals surface area contributed by atoms with E-state index in [2.05, 4.69) is 31.9 Å². The van der Waals surface area contributed by atoms with Gasteiger partial charge in [-0.05, 0) is 67.1 Å². The Kier molecular flexibility index (Phi) is 19.4. The molecule has 0 spiro atoms. The summed E-state index contributed by atoms with van der Waals surface area (Å²) >= 11 is 0. The van der Waals surface area contributed by atoms with E-state index in [4.69, 9.17) is 11.5 Å². The number of primary amides is 1. The summed E-state index contributed by atoms with van der Waals surface area (Å²) in [5.74, 6) is -7.66. The predicted octanol–water partition coefficient (Wildman–Crippen LogP) is -1.42. The molecule has 0 bridgehead atoms. The first-order valence-electron chi connectivity index (χ1n) is 18.5. The second kappa shape index (κ2) is 23.6. The van der Waals surface area contributed by atoms with Crippen molar-refractivity contribution in [1.29, 1.82) is 0 Å². The number of hydrogen-bond donors (Lipinski definition) is 11. The van der Waals surface area contributed by atoms with E-state index in [1.165, 1.54) is 43.3 Å². The molecule has 2 rings (SSSR count). The zero-order valence-corrected chi connectivity index (χ0v) is 32.2. The van der Waals surface area contributed by atoms with Crippen molar-refractivity contribution in [2.45, 2.75) is 95.9 Å². The third-order valence-corrected chi connectivity index (χ3v) is 8.93. The summed E-state index contributed by atoms with van der Waals surface area (Å²) in [6.45, 7) is 4.24. The van der Waals surface area contributed by atoms with E-state index < -0.39 is 96.4 Å². The molecule has 0 aliphatic rings. The van der Waals surface area contributed by atoms with Gasteiger partial charge in [0.2, 0.25) is 41.4 Å². The van der Waals surface area contributed by atoms with Crippen LogP contribution in [0.15, 0.2) is 48.5 Å². The number of carbonyl (C=O) groups is 8. The first kappa shape index (κ1) is 46.9. The van der Waals surface area contributed by atoms with Crippen LogP contribution in [0, 0.1) is 5.92 Å². The maximum atomic E-state index is 13.6. The zero-order chi connectivity index (χ0) is 42.7. The minimum atomic E-state index is -1.64. The third-order valence-electron chi connectivity index (χ3n) is 8.93. The van der Waals surface area contributed by atoms with Gasteiger partial charge < -0.3 is 58.7 Å². The average molecular weight is 799 g/mol. The van der Waals surface area contributed by atoms with E-state index in [1.54, 1.807) is 26.0 Å². The number of unbranched alkanes of at least 4 members (excludes halogenated alkanes) is 1. The lowest BCUT2D eigenvalue weighted by molar-refractivity contribution is -0.141. The molecule has 2 aromatic carbocycles. The number of phenolic OH excluding ortho intramolecular Hbond substituents is 2. The summed E-state index contributed by atoms with van der Waals surface area (Å²) in [6, 6.07) is 5.26. The number of phenols is 2. The Morgan fingerprint density at radius 3 is 1.63 bits per heavy atom. The van der Waals surface area contributed by atoms with E-state index in [1.807, 2.05) is 0 Å². The Balaban J connectivity index is 2.22. The van der Waals surface area contributed by atoms with Crippen LogP contribution < -0.4 is 43.4 Å². The van der Waals surface area contributed by atoms with Gasteiger partial charge in [0.25, 0.3) is 0 Å². The maximum Gasteiger partial charge on any atom is 0.305 e. The summed E-state index contributed by atoms with van der Waals surface area (Å²) in [5.41, 5.74) is 12.0. The van der Waals surface area contributed by atoms with Crippen LogP contribution in [0.5, 0.6) is 11.5 Å². The quantitative estimate of drug-likeness (QED) is 0.0546. The monoisotopic (exact) mass is 798 g/mol. The molecule has 312 valence electrons. The standard InChI is InChI=1S/C38H54N8O11/c1-4-21(2)33(38(57)45-30(19-32(51)52)37(56)43-27(34(40)53)7-5-6-16-39)46-31(50)20-41-35(54)28(17-23-8-12-25(48)13-9-23)44-36(55)29(42-22(3)47)18-24-10-14-26(49)15-11-24/h8-15,21,27-30,33,48-49H,4-7,16-20,39H2,1-3H3,(H2,40,53)(H,41,54)(H,42,47)(H,43,56)(H,44,55)(H,45,57)(H,46,50)(H,51,52)/t21-,27-,28-,29-,30-,33-/m0/s1. The van der Waals surface area contributed by atoms with Crippen molar-refractivity contribution in [3.63, 3.8) is 0 Å². The van der Waals surface area contributed by atoms with Gasteiger partial charge >= 0.3 is 5.97 Å². The average Bonchev–Trinajstić information content (AvgIpc) is 3.15. The van der Waals surface area contributed by atoms with Crippen molar-refractivity contribution >= 4 is 47.3 Å². The van der Waals surface area contributed by atoms with Crippen LogP contribution in [0.1, 0.15) is 64.0 Å². The van der Waals surface area contributed by atoms with Crippen LogP contribution >= 0.6 is 0 Å². The van der Waals surface area contributed by atoms with Crippen LogP contribution in [0.2, 0.25) is 0 Å². The fourth-order valence-electron chi connectivity index (χ4n) is 5.58. The highest BCUT2D eigenvalue weighted by Gasteiger charge is 2.33. The van der Waals surface area contributed by atoms with Crippen LogP contribution in [-0.2, 0) is 51.2 Å². The Morgan fingerprint density at radius 1 is 0.667 bits per heavy atom. The number of carbonyl (C=O) groups excluding carboxylic acids is 7. The summed E-state index contributed by atoms with van der Waals surface area (Å²) in [7, 11) is 0. The number of nitrogens with one attached hydrogen (secondary N) is 6. The largest absolute Gasteiger partial charge is 0.508 e. The molecule has 0 aromatic heterocycles.